The van der Waals surface area contributed by atoms with Gasteiger partial charge in [0.1, 0.15) is 0 Å². The van der Waals surface area contributed by atoms with E-state index in [-0.39, 0.29) is 30.4 Å². The van der Waals surface area contributed by atoms with Crippen LogP contribution >= 0.6 is 52.1 Å². The van der Waals surface area contributed by atoms with E-state index in [0.29, 0.717) is 3.63 Å². The van der Waals surface area contributed by atoms with Crippen LogP contribution < -0.4 is 3.26 Å². The molecule has 1 aromatic heterocycles. The molecule has 7 heteroatoms. The summed E-state index contributed by atoms with van der Waals surface area (Å²) in [5.41, 5.74) is 3.28. The number of fused-ring (bicyclic) bond motifs is 3. The molecule has 25 heavy (non-hydrogen) atoms. The van der Waals surface area contributed by atoms with Crippen molar-refractivity contribution in [1.82, 2.24) is 3.26 Å². The van der Waals surface area contributed by atoms with E-state index in [1.807, 2.05) is 11.3 Å². The van der Waals surface area contributed by atoms with Crippen LogP contribution in [-0.2, 0) is 17.7 Å². The van der Waals surface area contributed by atoms with Crippen LogP contribution in [-0.4, -0.2) is 12.4 Å². The summed E-state index contributed by atoms with van der Waals surface area (Å²) in [6.07, 6.45) is 2.44. The van der Waals surface area contributed by atoms with Crippen molar-refractivity contribution in [3.63, 3.8) is 0 Å². The van der Waals surface area contributed by atoms with Crippen molar-refractivity contribution >= 4 is 75.1 Å². The van der Waals surface area contributed by atoms with Crippen molar-refractivity contribution < 1.29 is 17.7 Å². The maximum atomic E-state index is 4.13. The maximum absolute atomic E-state index is 4.13. The molecule has 1 aliphatic rings. The van der Waals surface area contributed by atoms with Gasteiger partial charge in [-0.3, -0.25) is 0 Å². The smallest absolute Gasteiger partial charge is 0.147 e. The van der Waals surface area contributed by atoms with Gasteiger partial charge in [0.25, 0.3) is 0 Å². The van der Waals surface area contributed by atoms with Crippen LogP contribution in [0.25, 0.3) is 16.2 Å². The summed E-state index contributed by atoms with van der Waals surface area (Å²) < 4.78 is 12.5. The molecule has 1 aliphatic carbocycles. The Labute approximate surface area is 179 Å². The number of nitrogens with one attached hydrogen (secondary N) is 1. The minimum absolute atomic E-state index is 0. The SMILES string of the molecule is CC1=Cc2sc3cccc(Br)c3c2[CH]1[Zr]([CH3])([CH3])(=[SiH2])[NH]C(C)(C)C.Cl.Cl. The van der Waals surface area contributed by atoms with E-state index in [2.05, 4.69) is 87.3 Å². The summed E-state index contributed by atoms with van der Waals surface area (Å²) in [5.74, 6) is 0. The average Bonchev–Trinajstić information content (AvgIpc) is 2.78. The third-order valence-corrected chi connectivity index (χ3v) is 20.0. The third kappa shape index (κ3) is 4.55. The molecule has 1 nitrogen and oxygen atoms in total. The Bertz CT molecular complexity index is 908. The van der Waals surface area contributed by atoms with Gasteiger partial charge < -0.3 is 0 Å². The second kappa shape index (κ2) is 7.46. The van der Waals surface area contributed by atoms with Crippen LogP contribution in [0.2, 0.25) is 9.26 Å². The van der Waals surface area contributed by atoms with E-state index in [4.69, 9.17) is 0 Å². The van der Waals surface area contributed by atoms with Gasteiger partial charge in [0.15, 0.2) is 0 Å². The van der Waals surface area contributed by atoms with Gasteiger partial charge >= 0.3 is 156 Å². The predicted molar refractivity (Wildman–Crippen MR) is 124 cm³/mol. The van der Waals surface area contributed by atoms with Gasteiger partial charge in [0.2, 0.25) is 0 Å². The molecule has 0 spiro atoms. The molecule has 0 bridgehead atoms. The summed E-state index contributed by atoms with van der Waals surface area (Å²) in [6, 6.07) is 6.59. The van der Waals surface area contributed by atoms with E-state index in [0.717, 1.165) is 0 Å². The zero-order valence-corrected chi connectivity index (χ0v) is 23.6. The first kappa shape index (κ1) is 24.1. The maximum Gasteiger partial charge on any atom is -0.147 e. The molecule has 1 N–H and O–H groups in total. The van der Waals surface area contributed by atoms with Crippen LogP contribution in [0, 0.1) is 0 Å². The molecular formula is C18H28BrCl2NSSiZr. The van der Waals surface area contributed by atoms with Crippen molar-refractivity contribution in [2.24, 2.45) is 0 Å². The molecule has 0 aliphatic heterocycles. The molecule has 1 aromatic carbocycles. The summed E-state index contributed by atoms with van der Waals surface area (Å²) in [4.78, 5) is 1.47. The zero-order chi connectivity index (χ0) is 17.2. The Morgan fingerprint density at radius 1 is 1.20 bits per heavy atom. The second-order valence-electron chi connectivity index (χ2n) is 9.00. The van der Waals surface area contributed by atoms with E-state index in [9.17, 15) is 0 Å². The Morgan fingerprint density at radius 3 is 2.36 bits per heavy atom. The fourth-order valence-corrected chi connectivity index (χ4v) is 26.3. The van der Waals surface area contributed by atoms with Gasteiger partial charge in [0.05, 0.1) is 0 Å². The quantitative estimate of drug-likeness (QED) is 0.408. The van der Waals surface area contributed by atoms with Crippen LogP contribution in [0.5, 0.6) is 0 Å². The fraction of sp³-hybridized carbons (Fsp3) is 0.444. The molecule has 0 fully saturated rings. The number of allylic oxidation sites excluding steroid dienone is 1. The molecule has 1 heterocycles. The molecule has 0 radical (unpaired) electrons. The Morgan fingerprint density at radius 2 is 1.80 bits per heavy atom. The predicted octanol–water partition coefficient (Wildman–Crippen LogP) is 6.60. The van der Waals surface area contributed by atoms with Gasteiger partial charge in [-0.05, 0) is 0 Å². The topological polar surface area (TPSA) is 12.0 Å². The Balaban J connectivity index is 0.00000156. The minimum Gasteiger partial charge on any atom is -0.147 e. The summed E-state index contributed by atoms with van der Waals surface area (Å²) in [5, 5.41) is 1.44. The van der Waals surface area contributed by atoms with E-state index in [1.165, 1.54) is 19.4 Å². The fourth-order valence-electron chi connectivity index (χ4n) is 4.56. The molecule has 140 valence electrons. The molecule has 0 saturated heterocycles. The van der Waals surface area contributed by atoms with Crippen LogP contribution in [0.15, 0.2) is 28.2 Å². The van der Waals surface area contributed by atoms with Crippen molar-refractivity contribution in [3.05, 3.63) is 38.7 Å². The van der Waals surface area contributed by atoms with Crippen LogP contribution in [0.4, 0.5) is 0 Å². The molecule has 1 atom stereocenters. The summed E-state index contributed by atoms with van der Waals surface area (Å²) in [6.45, 7) is 11.5. The third-order valence-electron chi connectivity index (χ3n) is 4.54. The number of halogens is 3. The number of benzene rings is 1. The number of hydrogen-bond donors (Lipinski definition) is 1. The first-order chi connectivity index (χ1) is 10.4. The van der Waals surface area contributed by atoms with Gasteiger partial charge in [-0.25, -0.2) is 0 Å². The second-order valence-corrected chi connectivity index (χ2v) is 39.7. The van der Waals surface area contributed by atoms with Gasteiger partial charge in [-0.1, -0.05) is 0 Å². The molecule has 0 saturated carbocycles. The molecule has 2 aromatic rings. The van der Waals surface area contributed by atoms with Gasteiger partial charge in [-0.15, -0.1) is 24.8 Å². The molecule has 1 unspecified atom stereocenters. The van der Waals surface area contributed by atoms with Crippen molar-refractivity contribution in [2.75, 3.05) is 0 Å². The standard InChI is InChI=1S/C12H8BrS.C4H10N.2CH3.2ClH.H2Si.Zr/c1-7-5-8-11(6-7)14-10-4-2-3-9(13)12(8)10;1-4(2,3)5;;;;;;/h2-6H,1H3;5H,1-3H3;2*1H3;2*1H;1H2;/q;-1;;;;;;+1. The zero-order valence-electron chi connectivity index (χ0n) is 15.7. The first-order valence-corrected chi connectivity index (χ1v) is 23.2. The summed E-state index contributed by atoms with van der Waals surface area (Å²) >= 11 is 2.61. The number of rotatable bonds is 2. The molecule has 0 amide bonds. The average molecular weight is 561 g/mol. The molecule has 3 rings (SSSR count). The van der Waals surface area contributed by atoms with Crippen molar-refractivity contribution in [3.8, 4) is 0 Å². The molecular weight excluding hydrogens is 532 g/mol. The Hall–Kier alpha value is 1.04. The summed E-state index contributed by atoms with van der Waals surface area (Å²) in [7, 11) is 0. The normalized spacial score (nSPS) is 17.6. The monoisotopic (exact) mass is 557 g/mol. The largest absolute Gasteiger partial charge is 0.147 e. The number of hydrogen-bond acceptors (Lipinski definition) is 2. The van der Waals surface area contributed by atoms with E-state index >= 15 is 0 Å². The first-order valence-electron chi connectivity index (χ1n) is 8.14. The number of thiophene rings is 1. The van der Waals surface area contributed by atoms with Crippen LogP contribution in [0.1, 0.15) is 41.8 Å². The Kier molecular flexibility index (Phi) is 7.19. The van der Waals surface area contributed by atoms with Crippen molar-refractivity contribution in [2.45, 2.75) is 46.1 Å². The van der Waals surface area contributed by atoms with Gasteiger partial charge in [0, 0.05) is 0 Å². The minimum atomic E-state index is -3.14. The van der Waals surface area contributed by atoms with E-state index in [1.54, 1.807) is 11.1 Å². The van der Waals surface area contributed by atoms with E-state index < -0.39 is 17.7 Å². The van der Waals surface area contributed by atoms with Crippen LogP contribution in [0.3, 0.4) is 0 Å². The van der Waals surface area contributed by atoms with Gasteiger partial charge in [-0.2, -0.15) is 0 Å². The van der Waals surface area contributed by atoms with Crippen molar-refractivity contribution in [1.29, 1.82) is 0 Å².